The number of carbonyl (C=O) groups excluding carboxylic acids is 1. The smallest absolute Gasteiger partial charge is 0.318 e. The fourth-order valence-corrected chi connectivity index (χ4v) is 4.14. The molecule has 2 heterocycles. The maximum Gasteiger partial charge on any atom is 0.318 e. The summed E-state index contributed by atoms with van der Waals surface area (Å²) in [5.74, 6) is 0. The van der Waals surface area contributed by atoms with Gasteiger partial charge in [0.25, 0.3) is 0 Å². The molecule has 0 bridgehead atoms. The summed E-state index contributed by atoms with van der Waals surface area (Å²) in [6.45, 7) is 3.93. The number of aromatic nitrogens is 1. The average molecular weight is 404 g/mol. The highest BCUT2D eigenvalue weighted by molar-refractivity contribution is 5.76. The number of rotatable bonds is 6. The number of amides is 2. The normalized spacial score (nSPS) is 15.3. The van der Waals surface area contributed by atoms with Crippen molar-refractivity contribution in [1.82, 2.24) is 14.8 Å². The minimum absolute atomic E-state index is 0.0554. The van der Waals surface area contributed by atoms with Gasteiger partial charge in [0.1, 0.15) is 0 Å². The maximum absolute atomic E-state index is 13.3. The van der Waals surface area contributed by atoms with Gasteiger partial charge in [0.15, 0.2) is 0 Å². The Balaban J connectivity index is 1.75. The fraction of sp³-hybridized carbons (Fsp3) is 0.320. The number of para-hydroxylation sites is 1. The lowest BCUT2D eigenvalue weighted by molar-refractivity contribution is 0.174. The van der Waals surface area contributed by atoms with Gasteiger partial charge in [0.05, 0.1) is 18.3 Å². The summed E-state index contributed by atoms with van der Waals surface area (Å²) in [4.78, 5) is 15.3. The highest BCUT2D eigenvalue weighted by Gasteiger charge is 2.32. The van der Waals surface area contributed by atoms with Crippen molar-refractivity contribution in [2.45, 2.75) is 32.4 Å². The Labute approximate surface area is 178 Å². The van der Waals surface area contributed by atoms with Gasteiger partial charge in [-0.1, -0.05) is 49.4 Å². The van der Waals surface area contributed by atoms with Gasteiger partial charge in [0, 0.05) is 32.2 Å². The molecule has 2 amide bonds. The van der Waals surface area contributed by atoms with Gasteiger partial charge in [-0.2, -0.15) is 0 Å². The second kappa shape index (κ2) is 9.18. The van der Waals surface area contributed by atoms with Crippen LogP contribution < -0.4 is 5.32 Å². The zero-order valence-corrected chi connectivity index (χ0v) is 17.7. The highest BCUT2D eigenvalue weighted by Crippen LogP contribution is 2.36. The van der Waals surface area contributed by atoms with Gasteiger partial charge < -0.3 is 19.5 Å². The highest BCUT2D eigenvalue weighted by atomic mass is 16.5. The van der Waals surface area contributed by atoms with E-state index in [0.29, 0.717) is 19.7 Å². The maximum atomic E-state index is 13.3. The van der Waals surface area contributed by atoms with Gasteiger partial charge in [-0.15, -0.1) is 0 Å². The van der Waals surface area contributed by atoms with Crippen molar-refractivity contribution in [3.63, 3.8) is 0 Å². The van der Waals surface area contributed by atoms with Crippen LogP contribution in [0.2, 0.25) is 0 Å². The monoisotopic (exact) mass is 403 g/mol. The summed E-state index contributed by atoms with van der Waals surface area (Å²) in [6.07, 6.45) is 3.87. The van der Waals surface area contributed by atoms with Crippen molar-refractivity contribution in [3.8, 4) is 5.69 Å². The molecule has 1 aliphatic heterocycles. The number of aryl methyl sites for hydroxylation is 1. The molecule has 4 rings (SSSR count). The molecule has 0 saturated heterocycles. The zero-order valence-electron chi connectivity index (χ0n) is 17.7. The van der Waals surface area contributed by atoms with Crippen LogP contribution in [0, 0.1) is 0 Å². The van der Waals surface area contributed by atoms with E-state index in [1.165, 1.54) is 5.56 Å². The molecule has 0 fully saturated rings. The molecule has 1 aromatic heterocycles. The summed E-state index contributed by atoms with van der Waals surface area (Å²) in [5, 5.41) is 3.09. The number of carbonyl (C=O) groups is 1. The average Bonchev–Trinajstić information content (AvgIpc) is 3.21. The van der Waals surface area contributed by atoms with Crippen molar-refractivity contribution in [2.75, 3.05) is 20.3 Å². The van der Waals surface area contributed by atoms with Crippen LogP contribution in [0.4, 0.5) is 4.79 Å². The Bertz CT molecular complexity index is 994. The Hall–Kier alpha value is -3.05. The molecule has 1 aliphatic rings. The van der Waals surface area contributed by atoms with E-state index in [1.807, 2.05) is 17.0 Å². The first-order valence-corrected chi connectivity index (χ1v) is 10.6. The quantitative estimate of drug-likeness (QED) is 0.607. The Morgan fingerprint density at radius 2 is 1.90 bits per heavy atom. The summed E-state index contributed by atoms with van der Waals surface area (Å²) >= 11 is 0. The number of hydrogen-bond donors (Lipinski definition) is 1. The lowest BCUT2D eigenvalue weighted by Gasteiger charge is -2.31. The second-order valence-electron chi connectivity index (χ2n) is 7.64. The zero-order chi connectivity index (χ0) is 20.9. The predicted octanol–water partition coefficient (Wildman–Crippen LogP) is 4.69. The molecule has 1 atom stereocenters. The fourth-order valence-electron chi connectivity index (χ4n) is 4.14. The van der Waals surface area contributed by atoms with Crippen molar-refractivity contribution in [2.24, 2.45) is 0 Å². The minimum atomic E-state index is -0.166. The number of fused-ring (bicyclic) bond motifs is 3. The molecular formula is C25H29N3O2. The summed E-state index contributed by atoms with van der Waals surface area (Å²) in [6, 6.07) is 20.9. The van der Waals surface area contributed by atoms with Crippen LogP contribution in [0.5, 0.6) is 0 Å². The summed E-state index contributed by atoms with van der Waals surface area (Å²) < 4.78 is 7.33. The Morgan fingerprint density at radius 1 is 1.10 bits per heavy atom. The molecule has 0 unspecified atom stereocenters. The molecule has 2 aromatic carbocycles. The number of hydrogen-bond acceptors (Lipinski definition) is 2. The van der Waals surface area contributed by atoms with Gasteiger partial charge in [-0.05, 0) is 47.7 Å². The first-order valence-electron chi connectivity index (χ1n) is 10.6. The third kappa shape index (κ3) is 3.98. The molecule has 0 radical (unpaired) electrons. The molecular weight excluding hydrogens is 374 g/mol. The van der Waals surface area contributed by atoms with Gasteiger partial charge in [-0.3, -0.25) is 0 Å². The topological polar surface area (TPSA) is 46.5 Å². The second-order valence-corrected chi connectivity index (χ2v) is 7.64. The standard InChI is InChI=1S/C25H29N3O2/c1-3-19-11-13-20(14-12-19)24-23-10-6-16-27(23)22-9-5-4-8-21(22)18-28(24)25(29)26-15-7-17-30-2/h4-6,8-14,16,24H,3,7,15,17-18H2,1-2H3,(H,26,29)/t24-/m0/s1. The number of benzene rings is 2. The van der Waals surface area contributed by atoms with E-state index in [4.69, 9.17) is 4.74 Å². The van der Waals surface area contributed by atoms with Crippen LogP contribution in [0.3, 0.4) is 0 Å². The van der Waals surface area contributed by atoms with Crippen molar-refractivity contribution < 1.29 is 9.53 Å². The molecule has 3 aromatic rings. The lowest BCUT2D eigenvalue weighted by Crippen LogP contribution is -2.42. The molecule has 5 nitrogen and oxygen atoms in total. The van der Waals surface area contributed by atoms with E-state index in [2.05, 4.69) is 71.5 Å². The predicted molar refractivity (Wildman–Crippen MR) is 119 cm³/mol. The van der Waals surface area contributed by atoms with E-state index >= 15 is 0 Å². The molecule has 0 spiro atoms. The SMILES string of the molecule is CCc1ccc([C@H]2c3cccn3-c3ccccc3CN2C(=O)NCCCOC)cc1. The molecule has 156 valence electrons. The Morgan fingerprint density at radius 3 is 2.67 bits per heavy atom. The van der Waals surface area contributed by atoms with Gasteiger partial charge in [0.2, 0.25) is 0 Å². The van der Waals surface area contributed by atoms with Gasteiger partial charge >= 0.3 is 6.03 Å². The summed E-state index contributed by atoms with van der Waals surface area (Å²) in [5.41, 5.74) is 5.77. The van der Waals surface area contributed by atoms with Crippen LogP contribution >= 0.6 is 0 Å². The molecule has 0 aliphatic carbocycles. The van der Waals surface area contributed by atoms with Crippen molar-refractivity contribution in [1.29, 1.82) is 0 Å². The number of nitrogens with zero attached hydrogens (tertiary/aromatic N) is 2. The molecule has 1 N–H and O–H groups in total. The molecule has 0 saturated carbocycles. The number of ether oxygens (including phenoxy) is 1. The number of nitrogens with one attached hydrogen (secondary N) is 1. The van der Waals surface area contributed by atoms with Crippen molar-refractivity contribution in [3.05, 3.63) is 89.2 Å². The Kier molecular flexibility index (Phi) is 6.19. The number of methoxy groups -OCH3 is 1. The summed E-state index contributed by atoms with van der Waals surface area (Å²) in [7, 11) is 1.68. The lowest BCUT2D eigenvalue weighted by atomic mass is 10.00. The minimum Gasteiger partial charge on any atom is -0.385 e. The van der Waals surface area contributed by atoms with Crippen LogP contribution in [-0.4, -0.2) is 35.8 Å². The number of urea groups is 1. The van der Waals surface area contributed by atoms with Crippen LogP contribution in [0.1, 0.15) is 41.8 Å². The first-order chi connectivity index (χ1) is 14.7. The van der Waals surface area contributed by atoms with E-state index in [9.17, 15) is 4.79 Å². The van der Waals surface area contributed by atoms with Gasteiger partial charge in [-0.25, -0.2) is 4.79 Å². The van der Waals surface area contributed by atoms with Crippen LogP contribution in [0.15, 0.2) is 66.9 Å². The largest absolute Gasteiger partial charge is 0.385 e. The van der Waals surface area contributed by atoms with E-state index in [1.54, 1.807) is 7.11 Å². The van der Waals surface area contributed by atoms with E-state index in [0.717, 1.165) is 35.3 Å². The van der Waals surface area contributed by atoms with E-state index < -0.39 is 0 Å². The molecule has 5 heteroatoms. The van der Waals surface area contributed by atoms with Crippen LogP contribution in [-0.2, 0) is 17.7 Å². The van der Waals surface area contributed by atoms with E-state index in [-0.39, 0.29) is 12.1 Å². The molecule has 30 heavy (non-hydrogen) atoms. The van der Waals surface area contributed by atoms with Crippen LogP contribution in [0.25, 0.3) is 5.69 Å². The first kappa shape index (κ1) is 20.2. The van der Waals surface area contributed by atoms with Crippen molar-refractivity contribution >= 4 is 6.03 Å². The third-order valence-electron chi connectivity index (χ3n) is 5.73. The third-order valence-corrected chi connectivity index (χ3v) is 5.73.